The molecule has 25 atom stereocenters. The third kappa shape index (κ3) is 9.31. The molecule has 0 radical (unpaired) electrons. The Labute approximate surface area is 319 Å². The predicted molar refractivity (Wildman–Crippen MR) is 174 cm³/mol. The predicted octanol–water partition coefficient (Wildman–Crippen LogP) is -8.70. The van der Waals surface area contributed by atoms with E-state index in [1.807, 2.05) is 0 Å². The lowest BCUT2D eigenvalue weighted by molar-refractivity contribution is -0.388. The number of amides is 1. The van der Waals surface area contributed by atoms with Crippen molar-refractivity contribution in [2.45, 2.75) is 181 Å². The van der Waals surface area contributed by atoms with Crippen LogP contribution in [0.4, 0.5) is 0 Å². The summed E-state index contributed by atoms with van der Waals surface area (Å²) in [5, 5.41) is 140. The molecule has 5 fully saturated rings. The van der Waals surface area contributed by atoms with Gasteiger partial charge in [-0.15, -0.1) is 0 Å². The van der Waals surface area contributed by atoms with Crippen molar-refractivity contribution < 1.29 is 114 Å². The maximum Gasteiger partial charge on any atom is 0.217 e. The fraction of sp³-hybridized carbons (Fsp3) is 0.969. The van der Waals surface area contributed by atoms with E-state index in [-0.39, 0.29) is 0 Å². The molecular formula is C32H55NO23. The van der Waals surface area contributed by atoms with E-state index in [4.69, 9.17) is 42.6 Å². The molecule has 0 aliphatic carbocycles. The van der Waals surface area contributed by atoms with Gasteiger partial charge in [0.25, 0.3) is 0 Å². The Morgan fingerprint density at radius 2 is 0.893 bits per heavy atom. The van der Waals surface area contributed by atoms with Crippen LogP contribution >= 0.6 is 0 Å². The highest BCUT2D eigenvalue weighted by Gasteiger charge is 2.56. The molecule has 0 bridgehead atoms. The molecule has 24 heteroatoms. The van der Waals surface area contributed by atoms with Crippen molar-refractivity contribution >= 4 is 5.91 Å². The van der Waals surface area contributed by atoms with E-state index < -0.39 is 173 Å². The van der Waals surface area contributed by atoms with Crippen molar-refractivity contribution in [1.82, 2.24) is 5.32 Å². The van der Waals surface area contributed by atoms with Gasteiger partial charge in [-0.2, -0.15) is 0 Å². The third-order valence-electron chi connectivity index (χ3n) is 10.6. The molecule has 326 valence electrons. The molecule has 24 nitrogen and oxygen atoms in total. The zero-order valence-electron chi connectivity index (χ0n) is 30.7. The van der Waals surface area contributed by atoms with E-state index in [1.54, 1.807) is 0 Å². The van der Waals surface area contributed by atoms with Crippen LogP contribution in [-0.2, 0) is 47.4 Å². The highest BCUT2D eigenvalue weighted by molar-refractivity contribution is 5.73. The molecular weight excluding hydrogens is 766 g/mol. The second-order valence-corrected chi connectivity index (χ2v) is 14.6. The van der Waals surface area contributed by atoms with E-state index in [2.05, 4.69) is 5.32 Å². The normalized spacial score (nSPS) is 53.1. The van der Waals surface area contributed by atoms with Gasteiger partial charge in [-0.1, -0.05) is 0 Å². The summed E-state index contributed by atoms with van der Waals surface area (Å²) in [6.07, 6.45) is -40.0. The van der Waals surface area contributed by atoms with E-state index in [0.29, 0.717) is 0 Å². The minimum Gasteiger partial charge on any atom is -0.394 e. The number of aliphatic hydroxyl groups excluding tert-OH is 13. The molecule has 0 aromatic rings. The Morgan fingerprint density at radius 1 is 0.464 bits per heavy atom. The summed E-state index contributed by atoms with van der Waals surface area (Å²) in [7, 11) is 0. The molecule has 1 amide bonds. The van der Waals surface area contributed by atoms with E-state index in [0.717, 1.165) is 6.92 Å². The first-order valence-corrected chi connectivity index (χ1v) is 18.2. The lowest BCUT2D eigenvalue weighted by atomic mass is 9.94. The number of carbonyl (C=O) groups is 1. The molecule has 0 saturated carbocycles. The van der Waals surface area contributed by atoms with Crippen LogP contribution < -0.4 is 5.32 Å². The van der Waals surface area contributed by atoms with Crippen LogP contribution in [0.3, 0.4) is 0 Å². The van der Waals surface area contributed by atoms with Crippen molar-refractivity contribution in [3.63, 3.8) is 0 Å². The maximum atomic E-state index is 12.6. The van der Waals surface area contributed by atoms with E-state index in [1.165, 1.54) is 20.8 Å². The van der Waals surface area contributed by atoms with Crippen LogP contribution in [0.1, 0.15) is 27.7 Å². The largest absolute Gasteiger partial charge is 0.394 e. The Morgan fingerprint density at radius 3 is 1.48 bits per heavy atom. The Bertz CT molecular complexity index is 1270. The molecule has 0 aromatic heterocycles. The van der Waals surface area contributed by atoms with Crippen molar-refractivity contribution in [2.75, 3.05) is 13.2 Å². The van der Waals surface area contributed by atoms with Crippen molar-refractivity contribution in [1.29, 1.82) is 0 Å². The summed E-state index contributed by atoms with van der Waals surface area (Å²) in [4.78, 5) is 12.6. The molecule has 14 N–H and O–H groups in total. The molecule has 5 saturated heterocycles. The second kappa shape index (κ2) is 18.9. The average molecular weight is 822 g/mol. The van der Waals surface area contributed by atoms with Crippen LogP contribution in [0, 0.1) is 0 Å². The molecule has 56 heavy (non-hydrogen) atoms. The van der Waals surface area contributed by atoms with Gasteiger partial charge in [0.05, 0.1) is 31.5 Å². The summed E-state index contributed by atoms with van der Waals surface area (Å²) < 4.78 is 51.3. The number of rotatable bonds is 11. The number of hydrogen-bond donors (Lipinski definition) is 14. The molecule has 5 aliphatic rings. The summed E-state index contributed by atoms with van der Waals surface area (Å²) >= 11 is 0. The zero-order valence-corrected chi connectivity index (χ0v) is 30.7. The zero-order chi connectivity index (χ0) is 41.5. The Hall–Kier alpha value is -1.41. The van der Waals surface area contributed by atoms with Crippen LogP contribution in [0.2, 0.25) is 0 Å². The first-order chi connectivity index (χ1) is 26.3. The minimum absolute atomic E-state index is 0.757. The number of aliphatic hydroxyl groups is 13. The van der Waals surface area contributed by atoms with Gasteiger partial charge in [0.15, 0.2) is 31.5 Å². The molecule has 0 aromatic carbocycles. The smallest absolute Gasteiger partial charge is 0.217 e. The summed E-state index contributed by atoms with van der Waals surface area (Å²) in [6.45, 7) is 3.46. The molecule has 5 aliphatic heterocycles. The Kier molecular flexibility index (Phi) is 15.4. The second-order valence-electron chi connectivity index (χ2n) is 14.6. The topological polar surface area (TPSA) is 375 Å². The SMILES string of the molecule is CC(=O)N[C@H]1C(O[C@@H]2OC(C)[C@H](O)[C@H](O[C@@H]3OC(C)[C@H](O)[C@H](O)C3O)C2O)[C@H](O)C(CO)O[C@H]1OC1[C@H](O)OC(C)[C@H](O)[C@@H]1O[C@H]1O[C@@H](CO)[C@@H](O)C(O)C1O. The summed E-state index contributed by atoms with van der Waals surface area (Å²) in [6, 6.07) is -1.61. The third-order valence-corrected chi connectivity index (χ3v) is 10.6. The van der Waals surface area contributed by atoms with Crippen LogP contribution in [0.25, 0.3) is 0 Å². The monoisotopic (exact) mass is 821 g/mol. The van der Waals surface area contributed by atoms with E-state index >= 15 is 0 Å². The number of ether oxygens (including phenoxy) is 9. The first kappa shape index (κ1) is 45.7. The lowest BCUT2D eigenvalue weighted by Gasteiger charge is -2.50. The molecule has 5 rings (SSSR count). The van der Waals surface area contributed by atoms with Crippen LogP contribution in [-0.4, -0.2) is 239 Å². The van der Waals surface area contributed by atoms with E-state index in [9.17, 15) is 71.2 Å². The van der Waals surface area contributed by atoms with Gasteiger partial charge < -0.3 is 114 Å². The molecule has 10 unspecified atom stereocenters. The first-order valence-electron chi connectivity index (χ1n) is 18.2. The van der Waals surface area contributed by atoms with Gasteiger partial charge in [0.2, 0.25) is 5.91 Å². The van der Waals surface area contributed by atoms with Crippen LogP contribution in [0.15, 0.2) is 0 Å². The number of nitrogens with one attached hydrogen (secondary N) is 1. The quantitative estimate of drug-likeness (QED) is 0.0920. The molecule has 0 spiro atoms. The van der Waals surface area contributed by atoms with Crippen molar-refractivity contribution in [2.24, 2.45) is 0 Å². The number of hydrogen-bond acceptors (Lipinski definition) is 23. The lowest BCUT2D eigenvalue weighted by Crippen LogP contribution is -2.70. The summed E-state index contributed by atoms with van der Waals surface area (Å²) in [5.41, 5.74) is 0. The van der Waals surface area contributed by atoms with Gasteiger partial charge in [-0.05, 0) is 20.8 Å². The fourth-order valence-corrected chi connectivity index (χ4v) is 7.23. The standard InChI is InChI=1S/C32H55NO23/c1-7-14(37)19(42)21(44)30(49-7)54-25-15(38)9(3)50-32(23(25)46)53-24-13(33-10(4)36)29(51-12(6-35)18(24)41)56-27-26(16(39)8(2)48-28(27)47)55-31-22(45)20(43)17(40)11(5-34)52-31/h7-9,11-32,34-35,37-47H,5-6H2,1-4H3,(H,33,36)/t7?,8?,9?,11-,12?,13-,14-,15-,16-,17+,18+,19-,20?,21?,22?,23?,24?,25-,26-,27?,28+,29-,30-,31+,32-/m0/s1. The number of carbonyl (C=O) groups excluding carboxylic acids is 1. The highest BCUT2D eigenvalue weighted by Crippen LogP contribution is 2.36. The van der Waals surface area contributed by atoms with Crippen LogP contribution in [0.5, 0.6) is 0 Å². The summed E-state index contributed by atoms with van der Waals surface area (Å²) in [5.74, 6) is -0.757. The minimum atomic E-state index is -1.95. The van der Waals surface area contributed by atoms with Gasteiger partial charge in [0.1, 0.15) is 104 Å². The highest BCUT2D eigenvalue weighted by atomic mass is 16.8. The molecule has 5 heterocycles. The average Bonchev–Trinajstić information content (AvgIpc) is 3.15. The fourth-order valence-electron chi connectivity index (χ4n) is 7.23. The Balaban J connectivity index is 1.40. The van der Waals surface area contributed by atoms with Crippen molar-refractivity contribution in [3.05, 3.63) is 0 Å². The van der Waals surface area contributed by atoms with Gasteiger partial charge in [-0.3, -0.25) is 4.79 Å². The van der Waals surface area contributed by atoms with Gasteiger partial charge in [0, 0.05) is 6.92 Å². The van der Waals surface area contributed by atoms with Gasteiger partial charge in [-0.25, -0.2) is 0 Å². The maximum absolute atomic E-state index is 12.6. The van der Waals surface area contributed by atoms with Gasteiger partial charge >= 0.3 is 0 Å². The van der Waals surface area contributed by atoms with Crippen molar-refractivity contribution in [3.8, 4) is 0 Å².